The third-order valence-corrected chi connectivity index (χ3v) is 1.40. The van der Waals surface area contributed by atoms with Gasteiger partial charge in [0.05, 0.1) is 4.11 Å². The Bertz CT molecular complexity index is 474. The highest BCUT2D eigenvalue weighted by atomic mass is 16.4. The number of rotatable bonds is 5. The zero-order valence-electron chi connectivity index (χ0n) is 12.6. The van der Waals surface area contributed by atoms with Gasteiger partial charge in [-0.15, -0.1) is 0 Å². The largest absolute Gasteiger partial charge is 0.508 e. The van der Waals surface area contributed by atoms with E-state index in [-0.39, 0.29) is 29.1 Å². The van der Waals surface area contributed by atoms with E-state index in [1.807, 2.05) is 0 Å². The molecule has 0 bridgehead atoms. The highest BCUT2D eigenvalue weighted by molar-refractivity contribution is 5.73. The first-order chi connectivity index (χ1) is 8.72. The maximum Gasteiger partial charge on any atom is 0.320 e. The number of carbonyl (C=O) groups is 1. The van der Waals surface area contributed by atoms with Crippen molar-refractivity contribution >= 4 is 5.97 Å². The lowest BCUT2D eigenvalue weighted by molar-refractivity contribution is -0.138. The van der Waals surface area contributed by atoms with Crippen molar-refractivity contribution in [2.24, 2.45) is 5.72 Å². The Morgan fingerprint density at radius 2 is 2.54 bits per heavy atom. The van der Waals surface area contributed by atoms with Crippen LogP contribution in [0.3, 0.4) is 0 Å². The van der Waals surface area contributed by atoms with Crippen molar-refractivity contribution in [1.29, 1.82) is 1.43 Å². The van der Waals surface area contributed by atoms with E-state index in [0.29, 0.717) is 0 Å². The van der Waals surface area contributed by atoms with Crippen molar-refractivity contribution in [3.8, 4) is 5.75 Å². The predicted octanol–water partition coefficient (Wildman–Crippen LogP) is 0.347. The molecule has 0 amide bonds. The van der Waals surface area contributed by atoms with Crippen LogP contribution in [-0.2, 0) is 11.2 Å². The Morgan fingerprint density at radius 3 is 3.00 bits per heavy atom. The first-order valence-corrected chi connectivity index (χ1v) is 3.47. The minimum atomic E-state index is -2.54. The standard InChI is InChI=1S/C9H11NO3/c10-8(9(12)13)5-6-1-3-7(11)4-2-6/h1-4,8,11H,5,10H2,(H,12,13)/i3D,4D,8D/hD3. The molecule has 4 N–H and O–H groups in total. The molecule has 0 aliphatic carbocycles. The van der Waals surface area contributed by atoms with Gasteiger partial charge in [0.1, 0.15) is 14.6 Å². The first-order valence-electron chi connectivity index (χ1n) is 6.27. The summed E-state index contributed by atoms with van der Waals surface area (Å²) < 4.78 is 43.2. The second kappa shape index (κ2) is 3.91. The molecule has 1 atom stereocenters. The van der Waals surface area contributed by atoms with Crippen molar-refractivity contribution in [2.45, 2.75) is 12.4 Å². The molecule has 0 fully saturated rings. The van der Waals surface area contributed by atoms with Gasteiger partial charge in [-0.2, -0.15) is 0 Å². The molecular formula is C9H11NO3. The van der Waals surface area contributed by atoms with E-state index in [2.05, 4.69) is 5.11 Å². The maximum atomic E-state index is 10.9. The quantitative estimate of drug-likeness (QED) is 0.621. The molecule has 70 valence electrons. The van der Waals surface area contributed by atoms with Gasteiger partial charge in [-0.25, -0.2) is 0 Å². The van der Waals surface area contributed by atoms with Crippen LogP contribution >= 0.6 is 0 Å². The molecule has 0 aliphatic heterocycles. The second-order valence-corrected chi connectivity index (χ2v) is 2.41. The monoisotopic (exact) mass is 187 g/mol. The van der Waals surface area contributed by atoms with Crippen LogP contribution < -0.4 is 5.72 Å². The summed E-state index contributed by atoms with van der Waals surface area (Å²) in [6.07, 6.45) is -0.550. The molecule has 0 aromatic heterocycles. The third kappa shape index (κ3) is 2.76. The third-order valence-electron chi connectivity index (χ3n) is 1.40. The van der Waals surface area contributed by atoms with Crippen molar-refractivity contribution in [2.75, 3.05) is 0 Å². The average Bonchev–Trinajstić information content (AvgIpc) is 2.27. The van der Waals surface area contributed by atoms with Crippen LogP contribution in [0.15, 0.2) is 24.2 Å². The predicted molar refractivity (Wildman–Crippen MR) is 47.4 cm³/mol. The lowest BCUT2D eigenvalue weighted by Gasteiger charge is -2.05. The Balaban J connectivity index is 3.15. The molecule has 4 heteroatoms. The van der Waals surface area contributed by atoms with E-state index in [1.165, 1.54) is 0 Å². The average molecular weight is 187 g/mol. The summed E-state index contributed by atoms with van der Waals surface area (Å²) in [5.41, 5.74) is -0.130. The van der Waals surface area contributed by atoms with Gasteiger partial charge in [-0.3, -0.25) is 4.79 Å². The fraction of sp³-hybridized carbons (Fsp3) is 0.222. The van der Waals surface area contributed by atoms with Crippen molar-refractivity contribution in [3.05, 3.63) is 29.8 Å². The molecule has 4 nitrogen and oxygen atoms in total. The van der Waals surface area contributed by atoms with Crippen LogP contribution in [0.5, 0.6) is 5.75 Å². The molecule has 0 saturated carbocycles. The second-order valence-electron chi connectivity index (χ2n) is 2.41. The van der Waals surface area contributed by atoms with E-state index in [4.69, 9.17) is 13.5 Å². The number of benzene rings is 1. The SMILES string of the molecule is [2H]Oc1c([2H])cc(CC([2H])(C(=O)O)N([2H])[2H])cc1[2H]. The van der Waals surface area contributed by atoms with E-state index in [0.717, 1.165) is 12.1 Å². The summed E-state index contributed by atoms with van der Waals surface area (Å²) in [6.45, 7) is 0. The van der Waals surface area contributed by atoms with E-state index >= 15 is 0 Å². The molecule has 1 aromatic rings. The molecule has 0 radical (unpaired) electrons. The number of aliphatic carboxylic acids is 1. The Kier molecular flexibility index (Phi) is 1.23. The Hall–Kier alpha value is -1.55. The van der Waals surface area contributed by atoms with Gasteiger partial charge in [-0.1, -0.05) is 12.1 Å². The summed E-state index contributed by atoms with van der Waals surface area (Å²) in [6, 6.07) is -0.865. The van der Waals surface area contributed by atoms with Gasteiger partial charge in [0.15, 0.2) is 0 Å². The molecule has 1 unspecified atom stereocenters. The van der Waals surface area contributed by atoms with Crippen molar-refractivity contribution in [3.63, 3.8) is 0 Å². The fourth-order valence-corrected chi connectivity index (χ4v) is 0.771. The first kappa shape index (κ1) is 4.11. The van der Waals surface area contributed by atoms with Gasteiger partial charge >= 0.3 is 5.97 Å². The summed E-state index contributed by atoms with van der Waals surface area (Å²) in [5.74, 6) is -1.97. The number of phenolic OH excluding ortho intramolecular Hbond substituents is 1. The zero-order valence-corrected chi connectivity index (χ0v) is 6.57. The summed E-state index contributed by atoms with van der Waals surface area (Å²) in [4.78, 5) is 10.9. The van der Waals surface area contributed by atoms with Gasteiger partial charge in [0, 0.05) is 0 Å². The number of aromatic hydroxyl groups is 1. The van der Waals surface area contributed by atoms with E-state index < -0.39 is 18.4 Å². The van der Waals surface area contributed by atoms with Gasteiger partial charge < -0.3 is 15.9 Å². The number of hydrogen-bond acceptors (Lipinski definition) is 3. The minimum Gasteiger partial charge on any atom is -0.508 e. The van der Waals surface area contributed by atoms with Crippen molar-refractivity contribution in [1.82, 2.24) is 0 Å². The highest BCUT2D eigenvalue weighted by Crippen LogP contribution is 2.10. The van der Waals surface area contributed by atoms with Crippen molar-refractivity contribution < 1.29 is 21.9 Å². The number of phenols is 1. The number of carboxylic acid groups (broad SMARTS) is 1. The highest BCUT2D eigenvalue weighted by Gasteiger charge is 2.11. The van der Waals surface area contributed by atoms with Crippen LogP contribution in [0.4, 0.5) is 0 Å². The smallest absolute Gasteiger partial charge is 0.320 e. The van der Waals surface area contributed by atoms with Crippen LogP contribution in [-0.4, -0.2) is 23.6 Å². The van der Waals surface area contributed by atoms with Gasteiger partial charge in [-0.05, 0) is 24.1 Å². The molecule has 1 aromatic carbocycles. The zero-order chi connectivity index (χ0) is 14.8. The summed E-state index contributed by atoms with van der Waals surface area (Å²) in [7, 11) is 0. The van der Waals surface area contributed by atoms with Gasteiger partial charge in [0.25, 0.3) is 1.43 Å². The topological polar surface area (TPSA) is 83.5 Å². The van der Waals surface area contributed by atoms with Crippen LogP contribution in [0.2, 0.25) is 2.82 Å². The molecule has 0 aliphatic rings. The normalized spacial score (nSPS) is 21.3. The maximum absolute atomic E-state index is 10.9. The lowest BCUT2D eigenvalue weighted by Crippen LogP contribution is -2.32. The molecule has 0 spiro atoms. The molecule has 1 rings (SSSR count). The van der Waals surface area contributed by atoms with Crippen LogP contribution in [0.1, 0.15) is 9.68 Å². The number of hydrogen-bond donors (Lipinski definition) is 3. The van der Waals surface area contributed by atoms with E-state index in [9.17, 15) is 4.79 Å². The fourth-order valence-electron chi connectivity index (χ4n) is 0.771. The van der Waals surface area contributed by atoms with E-state index in [1.54, 1.807) is 0 Å². The number of carboxylic acids is 1. The number of nitrogens with two attached hydrogens (primary N) is 1. The Labute approximate surface area is 84.2 Å². The lowest BCUT2D eigenvalue weighted by atomic mass is 10.1. The molecule has 13 heavy (non-hydrogen) atoms. The van der Waals surface area contributed by atoms with Crippen LogP contribution in [0.25, 0.3) is 0 Å². The van der Waals surface area contributed by atoms with Crippen LogP contribution in [0, 0.1) is 0 Å². The molecule has 0 heterocycles. The summed E-state index contributed by atoms with van der Waals surface area (Å²) >= 11 is 0. The molecular weight excluding hydrogens is 170 g/mol. The Morgan fingerprint density at radius 1 is 1.85 bits per heavy atom. The summed E-state index contributed by atoms with van der Waals surface area (Å²) in [5, 5.41) is 13.0. The van der Waals surface area contributed by atoms with Gasteiger partial charge in [0.2, 0.25) is 0 Å². The minimum absolute atomic E-state index is 0.123. The molecule has 0 saturated heterocycles.